The summed E-state index contributed by atoms with van der Waals surface area (Å²) in [5, 5.41) is 11.9. The third kappa shape index (κ3) is 2.47. The first-order chi connectivity index (χ1) is 8.20. The predicted molar refractivity (Wildman–Crippen MR) is 66.2 cm³/mol. The molecule has 0 atom stereocenters. The lowest BCUT2D eigenvalue weighted by Crippen LogP contribution is -2.03. The highest BCUT2D eigenvalue weighted by Gasteiger charge is 2.06. The Bertz CT molecular complexity index is 550. The lowest BCUT2D eigenvalue weighted by Gasteiger charge is -2.05. The van der Waals surface area contributed by atoms with Crippen LogP contribution in [0.1, 0.15) is 18.4 Å². The fraction of sp³-hybridized carbons (Fsp3) is 0.154. The standard InChI is InChI=1S/C13H13N3O/c1-9(16-17)12-8-13(15-10(2)14-12)11-6-4-3-5-7-11/h3-8,17H,1-2H3. The SMILES string of the molecule is CC(=NO)c1cc(-c2ccccc2)nc(C)n1. The summed E-state index contributed by atoms with van der Waals surface area (Å²) in [5.41, 5.74) is 2.97. The molecule has 0 amide bonds. The number of hydrogen-bond donors (Lipinski definition) is 1. The van der Waals surface area contributed by atoms with Gasteiger partial charge in [-0.05, 0) is 19.9 Å². The van der Waals surface area contributed by atoms with Gasteiger partial charge in [0, 0.05) is 5.56 Å². The summed E-state index contributed by atoms with van der Waals surface area (Å²) >= 11 is 0. The molecule has 2 rings (SSSR count). The second-order valence-corrected chi connectivity index (χ2v) is 3.74. The molecule has 1 aromatic heterocycles. The molecule has 0 saturated carbocycles. The Hall–Kier alpha value is -2.23. The molecule has 0 aliphatic rings. The zero-order chi connectivity index (χ0) is 12.3. The number of hydrogen-bond acceptors (Lipinski definition) is 4. The molecule has 86 valence electrons. The van der Waals surface area contributed by atoms with Gasteiger partial charge in [-0.1, -0.05) is 35.5 Å². The van der Waals surface area contributed by atoms with Gasteiger partial charge in [-0.3, -0.25) is 0 Å². The van der Waals surface area contributed by atoms with Gasteiger partial charge in [0.05, 0.1) is 11.4 Å². The molecule has 0 bridgehead atoms. The van der Waals surface area contributed by atoms with Crippen LogP contribution >= 0.6 is 0 Å². The first-order valence-corrected chi connectivity index (χ1v) is 5.31. The number of oxime groups is 1. The molecule has 0 fully saturated rings. The molecule has 1 N–H and O–H groups in total. The molecule has 0 radical (unpaired) electrons. The van der Waals surface area contributed by atoms with E-state index < -0.39 is 0 Å². The van der Waals surface area contributed by atoms with Crippen LogP contribution in [0.4, 0.5) is 0 Å². The Morgan fingerprint density at radius 3 is 2.53 bits per heavy atom. The van der Waals surface area contributed by atoms with E-state index in [4.69, 9.17) is 5.21 Å². The van der Waals surface area contributed by atoms with Crippen LogP contribution in [0.5, 0.6) is 0 Å². The molecule has 2 aromatic rings. The van der Waals surface area contributed by atoms with E-state index in [2.05, 4.69) is 15.1 Å². The molecule has 4 nitrogen and oxygen atoms in total. The van der Waals surface area contributed by atoms with Crippen LogP contribution < -0.4 is 0 Å². The summed E-state index contributed by atoms with van der Waals surface area (Å²) in [6.45, 7) is 3.52. The number of aromatic nitrogens is 2. The van der Waals surface area contributed by atoms with Crippen LogP contribution in [-0.4, -0.2) is 20.9 Å². The van der Waals surface area contributed by atoms with E-state index in [1.165, 1.54) is 0 Å². The maximum atomic E-state index is 8.77. The van der Waals surface area contributed by atoms with Crippen molar-refractivity contribution in [3.8, 4) is 11.3 Å². The Morgan fingerprint density at radius 2 is 1.88 bits per heavy atom. The van der Waals surface area contributed by atoms with Crippen molar-refractivity contribution in [2.45, 2.75) is 13.8 Å². The summed E-state index contributed by atoms with van der Waals surface area (Å²) in [5.74, 6) is 0.657. The van der Waals surface area contributed by atoms with Crippen LogP contribution in [-0.2, 0) is 0 Å². The fourth-order valence-electron chi connectivity index (χ4n) is 1.56. The Morgan fingerprint density at radius 1 is 1.18 bits per heavy atom. The number of aryl methyl sites for hydroxylation is 1. The fourth-order valence-corrected chi connectivity index (χ4v) is 1.56. The van der Waals surface area contributed by atoms with Crippen molar-refractivity contribution in [1.82, 2.24) is 9.97 Å². The van der Waals surface area contributed by atoms with E-state index in [-0.39, 0.29) is 0 Å². The number of nitrogens with zero attached hydrogens (tertiary/aromatic N) is 3. The topological polar surface area (TPSA) is 58.4 Å². The third-order valence-electron chi connectivity index (χ3n) is 2.43. The molecular weight excluding hydrogens is 214 g/mol. The Balaban J connectivity index is 2.53. The summed E-state index contributed by atoms with van der Waals surface area (Å²) in [4.78, 5) is 8.60. The molecule has 1 heterocycles. The van der Waals surface area contributed by atoms with E-state index >= 15 is 0 Å². The quantitative estimate of drug-likeness (QED) is 0.487. The van der Waals surface area contributed by atoms with Crippen molar-refractivity contribution in [2.75, 3.05) is 0 Å². The highest BCUT2D eigenvalue weighted by Crippen LogP contribution is 2.17. The van der Waals surface area contributed by atoms with Gasteiger partial charge in [0.1, 0.15) is 11.5 Å². The van der Waals surface area contributed by atoms with Crippen molar-refractivity contribution in [3.05, 3.63) is 47.9 Å². The van der Waals surface area contributed by atoms with Crippen molar-refractivity contribution in [2.24, 2.45) is 5.16 Å². The van der Waals surface area contributed by atoms with Crippen LogP contribution in [0.25, 0.3) is 11.3 Å². The molecule has 0 aliphatic heterocycles. The van der Waals surface area contributed by atoms with Crippen molar-refractivity contribution < 1.29 is 5.21 Å². The Kier molecular flexibility index (Phi) is 3.14. The molecule has 0 unspecified atom stereocenters. The van der Waals surface area contributed by atoms with Gasteiger partial charge in [0.2, 0.25) is 0 Å². The molecule has 0 saturated heterocycles. The smallest absolute Gasteiger partial charge is 0.126 e. The second-order valence-electron chi connectivity index (χ2n) is 3.74. The number of rotatable bonds is 2. The monoisotopic (exact) mass is 227 g/mol. The van der Waals surface area contributed by atoms with E-state index in [0.717, 1.165) is 11.3 Å². The number of benzene rings is 1. The van der Waals surface area contributed by atoms with Gasteiger partial charge >= 0.3 is 0 Å². The Labute approximate surface area is 99.7 Å². The van der Waals surface area contributed by atoms with Crippen molar-refractivity contribution in [1.29, 1.82) is 0 Å². The van der Waals surface area contributed by atoms with Crippen LogP contribution in [0.15, 0.2) is 41.6 Å². The van der Waals surface area contributed by atoms with E-state index in [1.807, 2.05) is 43.3 Å². The van der Waals surface area contributed by atoms with Gasteiger partial charge < -0.3 is 5.21 Å². The van der Waals surface area contributed by atoms with Crippen LogP contribution in [0, 0.1) is 6.92 Å². The zero-order valence-corrected chi connectivity index (χ0v) is 9.75. The highest BCUT2D eigenvalue weighted by atomic mass is 16.4. The van der Waals surface area contributed by atoms with Gasteiger partial charge in [-0.2, -0.15) is 0 Å². The molecule has 1 aromatic carbocycles. The molecular formula is C13H13N3O. The van der Waals surface area contributed by atoms with Crippen molar-refractivity contribution in [3.63, 3.8) is 0 Å². The minimum atomic E-state index is 0.479. The second kappa shape index (κ2) is 4.74. The highest BCUT2D eigenvalue weighted by molar-refractivity contribution is 5.97. The average molecular weight is 227 g/mol. The normalized spacial score (nSPS) is 11.5. The zero-order valence-electron chi connectivity index (χ0n) is 9.75. The van der Waals surface area contributed by atoms with Gasteiger partial charge in [0.25, 0.3) is 0 Å². The first-order valence-electron chi connectivity index (χ1n) is 5.31. The van der Waals surface area contributed by atoms with Crippen LogP contribution in [0.3, 0.4) is 0 Å². The third-order valence-corrected chi connectivity index (χ3v) is 2.43. The molecule has 17 heavy (non-hydrogen) atoms. The summed E-state index contributed by atoms with van der Waals surface area (Å²) < 4.78 is 0. The van der Waals surface area contributed by atoms with Gasteiger partial charge in [-0.25, -0.2) is 9.97 Å². The molecule has 0 spiro atoms. The predicted octanol–water partition coefficient (Wildman–Crippen LogP) is 2.65. The van der Waals surface area contributed by atoms with E-state index in [0.29, 0.717) is 17.2 Å². The minimum Gasteiger partial charge on any atom is -0.411 e. The van der Waals surface area contributed by atoms with Crippen LogP contribution in [0.2, 0.25) is 0 Å². The minimum absolute atomic E-state index is 0.479. The van der Waals surface area contributed by atoms with E-state index in [1.54, 1.807) is 6.92 Å². The lowest BCUT2D eigenvalue weighted by atomic mass is 10.1. The summed E-state index contributed by atoms with van der Waals surface area (Å²) in [6, 6.07) is 11.7. The maximum Gasteiger partial charge on any atom is 0.126 e. The average Bonchev–Trinajstić information content (AvgIpc) is 2.38. The largest absolute Gasteiger partial charge is 0.411 e. The van der Waals surface area contributed by atoms with Gasteiger partial charge in [-0.15, -0.1) is 0 Å². The summed E-state index contributed by atoms with van der Waals surface area (Å²) in [6.07, 6.45) is 0. The lowest BCUT2D eigenvalue weighted by molar-refractivity contribution is 0.319. The van der Waals surface area contributed by atoms with Gasteiger partial charge in [0.15, 0.2) is 0 Å². The van der Waals surface area contributed by atoms with E-state index in [9.17, 15) is 0 Å². The maximum absolute atomic E-state index is 8.77. The van der Waals surface area contributed by atoms with Crippen molar-refractivity contribution >= 4 is 5.71 Å². The first kappa shape index (κ1) is 11.3. The molecule has 0 aliphatic carbocycles. The molecule has 4 heteroatoms. The summed E-state index contributed by atoms with van der Waals surface area (Å²) in [7, 11) is 0.